The molecule has 0 saturated carbocycles. The maximum Gasteiger partial charge on any atom is 0.0526 e. The first-order valence-corrected chi connectivity index (χ1v) is 7.49. The van der Waals surface area contributed by atoms with Gasteiger partial charge in [0, 0.05) is 16.4 Å². The van der Waals surface area contributed by atoms with Crippen molar-refractivity contribution in [3.63, 3.8) is 0 Å². The van der Waals surface area contributed by atoms with E-state index in [0.29, 0.717) is 0 Å². The molecule has 0 spiro atoms. The summed E-state index contributed by atoms with van der Waals surface area (Å²) in [6.07, 6.45) is 9.12. The Kier molecular flexibility index (Phi) is 3.91. The molecule has 0 bridgehead atoms. The topological polar surface area (TPSA) is 3.24 Å². The molecule has 0 unspecified atom stereocenters. The van der Waals surface area contributed by atoms with Gasteiger partial charge in [0.15, 0.2) is 0 Å². The highest BCUT2D eigenvalue weighted by Crippen LogP contribution is 2.30. The summed E-state index contributed by atoms with van der Waals surface area (Å²) < 4.78 is 1.14. The van der Waals surface area contributed by atoms with E-state index in [4.69, 9.17) is 0 Å². The average molecular weight is 320 g/mol. The summed E-state index contributed by atoms with van der Waals surface area (Å²) in [6, 6.07) is 8.52. The van der Waals surface area contributed by atoms with Gasteiger partial charge in [-0.25, -0.2) is 0 Å². The highest BCUT2D eigenvalue weighted by atomic mass is 79.9. The molecular formula is C17H22BrN. The lowest BCUT2D eigenvalue weighted by molar-refractivity contribution is 0.229. The van der Waals surface area contributed by atoms with Crippen molar-refractivity contribution in [1.29, 1.82) is 0 Å². The molecule has 0 saturated heterocycles. The van der Waals surface area contributed by atoms with Crippen molar-refractivity contribution in [1.82, 2.24) is 4.90 Å². The van der Waals surface area contributed by atoms with Crippen molar-refractivity contribution in [2.45, 2.75) is 39.8 Å². The predicted molar refractivity (Wildman–Crippen MR) is 85.8 cm³/mol. The average Bonchev–Trinajstić information content (AvgIpc) is 2.41. The van der Waals surface area contributed by atoms with Crippen LogP contribution in [0.25, 0.3) is 0 Å². The summed E-state index contributed by atoms with van der Waals surface area (Å²) in [4.78, 5) is 2.39. The van der Waals surface area contributed by atoms with Gasteiger partial charge in [-0.2, -0.15) is 0 Å². The largest absolute Gasteiger partial charge is 0.365 e. The monoisotopic (exact) mass is 319 g/mol. The Morgan fingerprint density at radius 3 is 2.47 bits per heavy atom. The Labute approximate surface area is 125 Å². The summed E-state index contributed by atoms with van der Waals surface area (Å²) >= 11 is 3.54. The molecule has 1 heterocycles. The quantitative estimate of drug-likeness (QED) is 0.682. The SMILES string of the molecule is CC1(C)C=CN(Cc2cccc(Br)c2)C(C)(C)C=C1. The van der Waals surface area contributed by atoms with Crippen LogP contribution in [0.2, 0.25) is 0 Å². The molecular weight excluding hydrogens is 298 g/mol. The molecule has 0 amide bonds. The number of allylic oxidation sites excluding steroid dienone is 2. The number of rotatable bonds is 2. The molecule has 0 aliphatic carbocycles. The van der Waals surface area contributed by atoms with E-state index in [2.05, 4.69) is 97.2 Å². The van der Waals surface area contributed by atoms with Crippen LogP contribution in [-0.2, 0) is 6.54 Å². The van der Waals surface area contributed by atoms with Crippen molar-refractivity contribution >= 4 is 15.9 Å². The summed E-state index contributed by atoms with van der Waals surface area (Å²) in [6.45, 7) is 9.90. The molecule has 0 atom stereocenters. The maximum absolute atomic E-state index is 3.54. The fourth-order valence-corrected chi connectivity index (χ4v) is 2.58. The normalized spacial score (nSPS) is 20.4. The summed E-state index contributed by atoms with van der Waals surface area (Å²) in [5, 5.41) is 0. The summed E-state index contributed by atoms with van der Waals surface area (Å²) in [5.41, 5.74) is 1.48. The third-order valence-electron chi connectivity index (χ3n) is 3.59. The molecule has 102 valence electrons. The van der Waals surface area contributed by atoms with Crippen molar-refractivity contribution in [2.24, 2.45) is 5.41 Å². The van der Waals surface area contributed by atoms with Crippen LogP contribution in [0, 0.1) is 5.41 Å². The molecule has 0 radical (unpaired) electrons. The molecule has 0 aromatic heterocycles. The van der Waals surface area contributed by atoms with Crippen LogP contribution in [0.5, 0.6) is 0 Å². The lowest BCUT2D eigenvalue weighted by Gasteiger charge is -2.35. The minimum Gasteiger partial charge on any atom is -0.365 e. The Morgan fingerprint density at radius 1 is 1.05 bits per heavy atom. The van der Waals surface area contributed by atoms with Gasteiger partial charge in [-0.05, 0) is 37.7 Å². The molecule has 19 heavy (non-hydrogen) atoms. The number of nitrogens with zero attached hydrogens (tertiary/aromatic N) is 1. The van der Waals surface area contributed by atoms with E-state index < -0.39 is 0 Å². The number of hydrogen-bond acceptors (Lipinski definition) is 1. The van der Waals surface area contributed by atoms with Crippen LogP contribution in [0.4, 0.5) is 0 Å². The van der Waals surface area contributed by atoms with Gasteiger partial charge in [0.1, 0.15) is 0 Å². The Hall–Kier alpha value is -1.02. The summed E-state index contributed by atoms with van der Waals surface area (Å²) in [5.74, 6) is 0. The van der Waals surface area contributed by atoms with Crippen LogP contribution < -0.4 is 0 Å². The second kappa shape index (κ2) is 5.16. The molecule has 1 aliphatic heterocycles. The standard InChI is InChI=1S/C17H22BrN/c1-16(2)8-9-17(3,4)19(11-10-16)13-14-6-5-7-15(18)12-14/h5-12H,13H2,1-4H3. The molecule has 2 rings (SSSR count). The zero-order chi connectivity index (χ0) is 14.1. The Morgan fingerprint density at radius 2 is 1.79 bits per heavy atom. The predicted octanol–water partition coefficient (Wildman–Crippen LogP) is 5.14. The molecule has 0 N–H and O–H groups in total. The van der Waals surface area contributed by atoms with E-state index in [1.54, 1.807) is 0 Å². The zero-order valence-electron chi connectivity index (χ0n) is 12.2. The highest BCUT2D eigenvalue weighted by molar-refractivity contribution is 9.10. The lowest BCUT2D eigenvalue weighted by atomic mass is 9.92. The fourth-order valence-electron chi connectivity index (χ4n) is 2.13. The van der Waals surface area contributed by atoms with E-state index in [1.165, 1.54) is 5.56 Å². The molecule has 1 aromatic carbocycles. The van der Waals surface area contributed by atoms with Crippen molar-refractivity contribution in [3.05, 3.63) is 58.7 Å². The van der Waals surface area contributed by atoms with E-state index in [9.17, 15) is 0 Å². The second-order valence-electron chi connectivity index (χ2n) is 6.38. The third-order valence-corrected chi connectivity index (χ3v) is 4.08. The lowest BCUT2D eigenvalue weighted by Crippen LogP contribution is -2.37. The van der Waals surface area contributed by atoms with E-state index in [1.807, 2.05) is 0 Å². The Balaban J connectivity index is 2.26. The van der Waals surface area contributed by atoms with Crippen LogP contribution in [0.15, 0.2) is 53.2 Å². The minimum atomic E-state index is 0.0343. The molecule has 0 fully saturated rings. The van der Waals surface area contributed by atoms with Gasteiger partial charge in [-0.15, -0.1) is 0 Å². The van der Waals surface area contributed by atoms with Crippen molar-refractivity contribution < 1.29 is 0 Å². The first kappa shape index (κ1) is 14.4. The Bertz CT molecular complexity index is 512. The molecule has 1 aromatic rings. The number of hydrogen-bond donors (Lipinski definition) is 0. The minimum absolute atomic E-state index is 0.0343. The molecule has 1 nitrogen and oxygen atoms in total. The fraction of sp³-hybridized carbons (Fsp3) is 0.412. The van der Waals surface area contributed by atoms with Gasteiger partial charge in [-0.1, -0.05) is 60.1 Å². The molecule has 2 heteroatoms. The first-order valence-electron chi connectivity index (χ1n) is 6.69. The van der Waals surface area contributed by atoms with E-state index in [0.717, 1.165) is 11.0 Å². The van der Waals surface area contributed by atoms with Crippen LogP contribution in [0.3, 0.4) is 0 Å². The van der Waals surface area contributed by atoms with Crippen molar-refractivity contribution in [2.75, 3.05) is 0 Å². The smallest absolute Gasteiger partial charge is 0.0526 e. The highest BCUT2D eigenvalue weighted by Gasteiger charge is 2.25. The molecule has 1 aliphatic rings. The van der Waals surface area contributed by atoms with E-state index >= 15 is 0 Å². The van der Waals surface area contributed by atoms with Gasteiger partial charge in [0.05, 0.1) is 5.54 Å². The van der Waals surface area contributed by atoms with Gasteiger partial charge in [0.2, 0.25) is 0 Å². The van der Waals surface area contributed by atoms with Gasteiger partial charge < -0.3 is 4.90 Å². The van der Waals surface area contributed by atoms with Crippen LogP contribution in [-0.4, -0.2) is 10.4 Å². The number of halogens is 1. The first-order chi connectivity index (χ1) is 8.78. The van der Waals surface area contributed by atoms with E-state index in [-0.39, 0.29) is 11.0 Å². The van der Waals surface area contributed by atoms with Gasteiger partial charge in [0.25, 0.3) is 0 Å². The zero-order valence-corrected chi connectivity index (χ0v) is 13.7. The summed E-state index contributed by atoms with van der Waals surface area (Å²) in [7, 11) is 0. The number of benzene rings is 1. The van der Waals surface area contributed by atoms with Gasteiger partial charge >= 0.3 is 0 Å². The van der Waals surface area contributed by atoms with Crippen LogP contribution >= 0.6 is 15.9 Å². The second-order valence-corrected chi connectivity index (χ2v) is 7.30. The van der Waals surface area contributed by atoms with Crippen LogP contribution in [0.1, 0.15) is 33.3 Å². The van der Waals surface area contributed by atoms with Crippen molar-refractivity contribution in [3.8, 4) is 0 Å². The third kappa shape index (κ3) is 3.73. The van der Waals surface area contributed by atoms with Gasteiger partial charge in [-0.3, -0.25) is 0 Å². The maximum atomic E-state index is 3.54.